The second kappa shape index (κ2) is 10.2. The smallest absolute Gasteiger partial charge is 0.157 e. The summed E-state index contributed by atoms with van der Waals surface area (Å²) in [5, 5.41) is 11.4. The number of nitrogens with one attached hydrogen (secondary N) is 4. The van der Waals surface area contributed by atoms with Crippen molar-refractivity contribution in [2.45, 2.75) is 6.92 Å². The average molecular weight is 529 g/mol. The van der Waals surface area contributed by atoms with E-state index >= 15 is 0 Å². The number of fused-ring (bicyclic) bond motifs is 2. The molecule has 0 atom stereocenters. The first-order valence-electron chi connectivity index (χ1n) is 13.3. The third kappa shape index (κ3) is 4.87. The molecule has 1 aliphatic heterocycles. The first kappa shape index (κ1) is 24.0. The Labute approximate surface area is 231 Å². The molecule has 6 aromatic rings. The third-order valence-corrected chi connectivity index (χ3v) is 7.03. The predicted molar refractivity (Wildman–Crippen MR) is 159 cm³/mol. The minimum atomic E-state index is 0.721. The van der Waals surface area contributed by atoms with Crippen molar-refractivity contribution in [2.75, 3.05) is 41.7 Å². The molecule has 0 unspecified atom stereocenters. The molecule has 0 radical (unpaired) electrons. The number of rotatable bonds is 6. The maximum atomic E-state index is 4.82. The molecular formula is C30H28N10. The highest BCUT2D eigenvalue weighted by atomic mass is 15.2. The summed E-state index contributed by atoms with van der Waals surface area (Å²) in [7, 11) is 0. The zero-order chi connectivity index (χ0) is 26.9. The number of hydrogen-bond donors (Lipinski definition) is 4. The highest BCUT2D eigenvalue weighted by molar-refractivity contribution is 5.95. The van der Waals surface area contributed by atoms with Gasteiger partial charge in [-0.2, -0.15) is 0 Å². The topological polar surface area (TPSA) is 120 Å². The Bertz CT molecular complexity index is 1820. The maximum Gasteiger partial charge on any atom is 0.157 e. The highest BCUT2D eigenvalue weighted by Gasteiger charge is 2.13. The van der Waals surface area contributed by atoms with Crippen molar-refractivity contribution < 1.29 is 0 Å². The number of hydrogen-bond acceptors (Lipinski definition) is 9. The lowest BCUT2D eigenvalue weighted by molar-refractivity contribution is 0.589. The summed E-state index contributed by atoms with van der Waals surface area (Å²) in [6, 6.07) is 18.3. The molecular weight excluding hydrogens is 500 g/mol. The maximum absolute atomic E-state index is 4.82. The Morgan fingerprint density at radius 3 is 2.55 bits per heavy atom. The lowest BCUT2D eigenvalue weighted by Gasteiger charge is -2.29. The van der Waals surface area contributed by atoms with Gasteiger partial charge in [0.25, 0.3) is 0 Å². The van der Waals surface area contributed by atoms with E-state index in [0.717, 1.165) is 88.2 Å². The van der Waals surface area contributed by atoms with Crippen LogP contribution in [0.5, 0.6) is 0 Å². The van der Waals surface area contributed by atoms with Crippen LogP contribution in [-0.2, 0) is 0 Å². The van der Waals surface area contributed by atoms with Gasteiger partial charge < -0.3 is 25.8 Å². The quantitative estimate of drug-likeness (QED) is 0.232. The van der Waals surface area contributed by atoms with Crippen molar-refractivity contribution in [3.8, 4) is 11.4 Å². The molecule has 10 heteroatoms. The Hall–Kier alpha value is -5.09. The molecule has 4 N–H and O–H groups in total. The van der Waals surface area contributed by atoms with Gasteiger partial charge in [0.05, 0.1) is 23.1 Å². The number of nitrogens with zero attached hydrogens (tertiary/aromatic N) is 6. The Morgan fingerprint density at radius 2 is 1.65 bits per heavy atom. The number of pyridine rings is 4. The molecule has 40 heavy (non-hydrogen) atoms. The summed E-state index contributed by atoms with van der Waals surface area (Å²) in [5.41, 5.74) is 8.27. The summed E-state index contributed by atoms with van der Waals surface area (Å²) < 4.78 is 0. The molecule has 1 aliphatic rings. The lowest BCUT2D eigenvalue weighted by Crippen LogP contribution is -2.43. The number of anilines is 5. The lowest BCUT2D eigenvalue weighted by atomic mass is 10.1. The number of imidazole rings is 1. The molecule has 0 spiro atoms. The second-order valence-electron chi connectivity index (χ2n) is 9.84. The number of aryl methyl sites for hydroxylation is 1. The molecule has 5 aromatic heterocycles. The van der Waals surface area contributed by atoms with Crippen LogP contribution in [0.3, 0.4) is 0 Å². The third-order valence-electron chi connectivity index (χ3n) is 7.03. The fourth-order valence-corrected chi connectivity index (χ4v) is 5.04. The van der Waals surface area contributed by atoms with Crippen LogP contribution in [0.4, 0.5) is 28.6 Å². The average Bonchev–Trinajstić information content (AvgIpc) is 3.42. The monoisotopic (exact) mass is 528 g/mol. The van der Waals surface area contributed by atoms with Gasteiger partial charge in [0.2, 0.25) is 0 Å². The first-order valence-corrected chi connectivity index (χ1v) is 13.3. The predicted octanol–water partition coefficient (Wildman–Crippen LogP) is 5.17. The van der Waals surface area contributed by atoms with Gasteiger partial charge in [0.15, 0.2) is 5.65 Å². The van der Waals surface area contributed by atoms with E-state index < -0.39 is 0 Å². The standard InChI is InChI=1S/C30H28N10/c1-19-14-21(5-8-32-19)36-22-16-27-30(35-18-22)39-29(38-27)20-4-7-34-28(15-20)37-26-6-9-33-25-3-2-23(17-24(25)26)40-12-10-31-11-13-40/h2-9,14-18,31H,10-13H2,1H3,(H,32,36)(H,33,34,37)(H,35,38,39). The molecule has 0 aliphatic carbocycles. The van der Waals surface area contributed by atoms with E-state index in [9.17, 15) is 0 Å². The van der Waals surface area contributed by atoms with Gasteiger partial charge in [-0.05, 0) is 61.5 Å². The van der Waals surface area contributed by atoms with Crippen molar-refractivity contribution in [3.05, 3.63) is 85.1 Å². The van der Waals surface area contributed by atoms with Crippen LogP contribution >= 0.6 is 0 Å². The van der Waals surface area contributed by atoms with E-state index in [1.807, 2.05) is 49.5 Å². The molecule has 1 saturated heterocycles. The molecule has 0 amide bonds. The number of piperazine rings is 1. The van der Waals surface area contributed by atoms with E-state index in [0.29, 0.717) is 0 Å². The number of H-pyrrole nitrogens is 1. The van der Waals surface area contributed by atoms with Crippen molar-refractivity contribution in [3.63, 3.8) is 0 Å². The number of aromatic amines is 1. The first-order chi connectivity index (χ1) is 19.7. The molecule has 198 valence electrons. The van der Waals surface area contributed by atoms with Crippen LogP contribution < -0.4 is 20.9 Å². The number of aromatic nitrogens is 6. The Balaban J connectivity index is 1.16. The minimum absolute atomic E-state index is 0.721. The van der Waals surface area contributed by atoms with E-state index in [4.69, 9.17) is 4.98 Å². The van der Waals surface area contributed by atoms with Gasteiger partial charge in [-0.1, -0.05) is 0 Å². The Morgan fingerprint density at radius 1 is 0.775 bits per heavy atom. The largest absolute Gasteiger partial charge is 0.369 e. The van der Waals surface area contributed by atoms with Crippen molar-refractivity contribution in [1.82, 2.24) is 35.2 Å². The van der Waals surface area contributed by atoms with Crippen LogP contribution in [-0.4, -0.2) is 56.1 Å². The number of benzene rings is 1. The minimum Gasteiger partial charge on any atom is -0.369 e. The molecule has 7 rings (SSSR count). The van der Waals surface area contributed by atoms with E-state index in [1.54, 1.807) is 18.6 Å². The fraction of sp³-hybridized carbons (Fsp3) is 0.167. The second-order valence-corrected chi connectivity index (χ2v) is 9.84. The van der Waals surface area contributed by atoms with Crippen LogP contribution in [0.25, 0.3) is 33.5 Å². The molecule has 0 bridgehead atoms. The van der Waals surface area contributed by atoms with Crippen molar-refractivity contribution in [2.24, 2.45) is 0 Å². The van der Waals surface area contributed by atoms with E-state index in [2.05, 4.69) is 64.0 Å². The summed E-state index contributed by atoms with van der Waals surface area (Å²) in [5.74, 6) is 1.45. The zero-order valence-electron chi connectivity index (χ0n) is 22.0. The van der Waals surface area contributed by atoms with Crippen LogP contribution in [0.15, 0.2) is 79.4 Å². The molecule has 1 fully saturated rings. The van der Waals surface area contributed by atoms with Crippen LogP contribution in [0.2, 0.25) is 0 Å². The van der Waals surface area contributed by atoms with E-state index in [-0.39, 0.29) is 0 Å². The molecule has 0 saturated carbocycles. The SMILES string of the molecule is Cc1cc(Nc2cnc3[nH]c(-c4ccnc(Nc5ccnc6ccc(N7CCNCC7)cc56)c4)nc3c2)ccn1. The van der Waals surface area contributed by atoms with Gasteiger partial charge >= 0.3 is 0 Å². The van der Waals surface area contributed by atoms with E-state index in [1.165, 1.54) is 5.69 Å². The van der Waals surface area contributed by atoms with Crippen LogP contribution in [0.1, 0.15) is 5.69 Å². The van der Waals surface area contributed by atoms with Gasteiger partial charge in [-0.3, -0.25) is 9.97 Å². The van der Waals surface area contributed by atoms with Gasteiger partial charge in [0.1, 0.15) is 17.2 Å². The molecule has 1 aromatic carbocycles. The molecule has 10 nitrogen and oxygen atoms in total. The van der Waals surface area contributed by atoms with Crippen molar-refractivity contribution in [1.29, 1.82) is 0 Å². The summed E-state index contributed by atoms with van der Waals surface area (Å²) in [6.45, 7) is 5.93. The summed E-state index contributed by atoms with van der Waals surface area (Å²) in [6.07, 6.45) is 7.18. The highest BCUT2D eigenvalue weighted by Crippen LogP contribution is 2.30. The fourth-order valence-electron chi connectivity index (χ4n) is 5.04. The summed E-state index contributed by atoms with van der Waals surface area (Å²) >= 11 is 0. The van der Waals surface area contributed by atoms with Gasteiger partial charge in [-0.25, -0.2) is 15.0 Å². The van der Waals surface area contributed by atoms with Gasteiger partial charge in [0, 0.05) is 72.8 Å². The van der Waals surface area contributed by atoms with Crippen LogP contribution in [0, 0.1) is 6.92 Å². The molecule has 6 heterocycles. The van der Waals surface area contributed by atoms with Gasteiger partial charge in [-0.15, -0.1) is 0 Å². The zero-order valence-corrected chi connectivity index (χ0v) is 22.0. The van der Waals surface area contributed by atoms with Crippen molar-refractivity contribution >= 4 is 50.6 Å². The Kier molecular flexibility index (Phi) is 6.14. The normalized spacial score (nSPS) is 13.6. The summed E-state index contributed by atoms with van der Waals surface area (Å²) in [4.78, 5) is 28.5.